The molecule has 4 aromatic rings. The van der Waals surface area contributed by atoms with E-state index in [-0.39, 0.29) is 5.69 Å². The van der Waals surface area contributed by atoms with Gasteiger partial charge in [0.15, 0.2) is 5.65 Å². The summed E-state index contributed by atoms with van der Waals surface area (Å²) in [4.78, 5) is 18.9. The summed E-state index contributed by atoms with van der Waals surface area (Å²) in [6.07, 6.45) is 3.60. The summed E-state index contributed by atoms with van der Waals surface area (Å²) in [6, 6.07) is 7.69. The topological polar surface area (TPSA) is 100 Å². The van der Waals surface area contributed by atoms with Crippen LogP contribution in [0.5, 0.6) is 0 Å². The number of nitrogens with two attached hydrogens (primary N) is 1. The first-order chi connectivity index (χ1) is 10.6. The van der Waals surface area contributed by atoms with Crippen LogP contribution in [0, 0.1) is 0 Å². The number of H-pyrrole nitrogens is 2. The number of aromatic amines is 2. The van der Waals surface area contributed by atoms with Gasteiger partial charge in [-0.15, -0.1) is 0 Å². The van der Waals surface area contributed by atoms with Crippen LogP contribution in [0.2, 0.25) is 0 Å². The van der Waals surface area contributed by atoms with Gasteiger partial charge in [0.2, 0.25) is 0 Å². The number of hydrogen-bond donors (Lipinski definition) is 3. The van der Waals surface area contributed by atoms with E-state index in [1.165, 1.54) is 0 Å². The first-order valence-electron chi connectivity index (χ1n) is 6.54. The number of aromatic nitrogens is 4. The van der Waals surface area contributed by atoms with Gasteiger partial charge >= 0.3 is 0 Å². The number of carbonyl (C=O) groups is 1. The average molecular weight is 356 g/mol. The van der Waals surface area contributed by atoms with Crippen LogP contribution in [-0.2, 0) is 0 Å². The van der Waals surface area contributed by atoms with E-state index >= 15 is 0 Å². The molecule has 0 fully saturated rings. The van der Waals surface area contributed by atoms with E-state index in [2.05, 4.69) is 36.1 Å². The summed E-state index contributed by atoms with van der Waals surface area (Å²) < 4.78 is 0.995. The number of benzene rings is 1. The highest BCUT2D eigenvalue weighted by Gasteiger charge is 2.15. The van der Waals surface area contributed by atoms with Gasteiger partial charge in [-0.05, 0) is 23.8 Å². The molecule has 4 rings (SSSR count). The van der Waals surface area contributed by atoms with Crippen LogP contribution in [0.25, 0.3) is 33.1 Å². The molecule has 22 heavy (non-hydrogen) atoms. The molecule has 6 nitrogen and oxygen atoms in total. The quantitative estimate of drug-likeness (QED) is 0.515. The van der Waals surface area contributed by atoms with Crippen LogP contribution >= 0.6 is 15.9 Å². The summed E-state index contributed by atoms with van der Waals surface area (Å²) in [5, 5.41) is 8.69. The molecule has 0 saturated carbocycles. The number of rotatable bonds is 2. The second kappa shape index (κ2) is 4.67. The molecule has 7 heteroatoms. The lowest BCUT2D eigenvalue weighted by atomic mass is 10.0. The molecule has 0 radical (unpaired) electrons. The number of halogens is 1. The fourth-order valence-corrected chi connectivity index (χ4v) is 2.96. The van der Waals surface area contributed by atoms with Gasteiger partial charge in [-0.3, -0.25) is 9.89 Å². The summed E-state index contributed by atoms with van der Waals surface area (Å²) in [5.74, 6) is -0.569. The van der Waals surface area contributed by atoms with Gasteiger partial charge < -0.3 is 10.7 Å². The van der Waals surface area contributed by atoms with Crippen LogP contribution in [-0.4, -0.2) is 26.1 Å². The Bertz CT molecular complexity index is 1030. The highest BCUT2D eigenvalue weighted by Crippen LogP contribution is 2.34. The number of amides is 1. The summed E-state index contributed by atoms with van der Waals surface area (Å²) in [5.41, 5.74) is 8.96. The number of carbonyl (C=O) groups excluding carboxylic acids is 1. The Hall–Kier alpha value is -2.67. The third-order valence-electron chi connectivity index (χ3n) is 3.61. The number of pyridine rings is 1. The molecule has 0 bridgehead atoms. The van der Waals surface area contributed by atoms with Gasteiger partial charge in [-0.25, -0.2) is 4.98 Å². The fourth-order valence-electron chi connectivity index (χ4n) is 2.60. The average Bonchev–Trinajstić information content (AvgIpc) is 3.11. The predicted octanol–water partition coefficient (Wildman–Crippen LogP) is 2.97. The zero-order valence-electron chi connectivity index (χ0n) is 11.2. The summed E-state index contributed by atoms with van der Waals surface area (Å²) in [7, 11) is 0. The summed E-state index contributed by atoms with van der Waals surface area (Å²) >= 11 is 3.46. The molecule has 1 amide bonds. The molecule has 1 aromatic carbocycles. The van der Waals surface area contributed by atoms with Crippen molar-refractivity contribution >= 4 is 43.8 Å². The van der Waals surface area contributed by atoms with E-state index in [9.17, 15) is 4.79 Å². The van der Waals surface area contributed by atoms with Gasteiger partial charge in [0.25, 0.3) is 5.91 Å². The largest absolute Gasteiger partial charge is 0.364 e. The minimum absolute atomic E-state index is 0.207. The number of fused-ring (bicyclic) bond motifs is 2. The van der Waals surface area contributed by atoms with Crippen molar-refractivity contribution in [1.29, 1.82) is 0 Å². The summed E-state index contributed by atoms with van der Waals surface area (Å²) in [6.45, 7) is 0. The monoisotopic (exact) mass is 355 g/mol. The molecule has 3 aromatic heterocycles. The van der Waals surface area contributed by atoms with Crippen molar-refractivity contribution in [3.05, 3.63) is 46.8 Å². The smallest absolute Gasteiger partial charge is 0.267 e. The van der Waals surface area contributed by atoms with Crippen LogP contribution in [0.15, 0.2) is 41.1 Å². The van der Waals surface area contributed by atoms with Gasteiger partial charge in [0.1, 0.15) is 5.69 Å². The van der Waals surface area contributed by atoms with Crippen molar-refractivity contribution in [2.24, 2.45) is 5.73 Å². The molecule has 4 N–H and O–H groups in total. The molecule has 0 spiro atoms. The molecule has 0 aliphatic heterocycles. The molecular weight excluding hydrogens is 346 g/mol. The Kier molecular flexibility index (Phi) is 2.77. The Balaban J connectivity index is 2.07. The predicted molar refractivity (Wildman–Crippen MR) is 87.4 cm³/mol. The van der Waals surface area contributed by atoms with E-state index in [1.807, 2.05) is 24.4 Å². The lowest BCUT2D eigenvalue weighted by Gasteiger charge is -2.04. The SMILES string of the molecule is NC(=O)c1cc(-c2c[nH]c3cc(Br)ccc23)c2cn[nH]c2n1. The molecule has 108 valence electrons. The fraction of sp³-hybridized carbons (Fsp3) is 0. The Morgan fingerprint density at radius 1 is 1.18 bits per heavy atom. The van der Waals surface area contributed by atoms with Crippen molar-refractivity contribution in [2.75, 3.05) is 0 Å². The molecular formula is C15H10BrN5O. The maximum absolute atomic E-state index is 11.5. The Morgan fingerprint density at radius 3 is 2.86 bits per heavy atom. The maximum atomic E-state index is 11.5. The molecule has 0 aliphatic rings. The van der Waals surface area contributed by atoms with Gasteiger partial charge in [0.05, 0.1) is 6.20 Å². The van der Waals surface area contributed by atoms with Gasteiger partial charge in [-0.1, -0.05) is 22.0 Å². The zero-order chi connectivity index (χ0) is 15.3. The highest BCUT2D eigenvalue weighted by molar-refractivity contribution is 9.10. The van der Waals surface area contributed by atoms with Crippen LogP contribution in [0.4, 0.5) is 0 Å². The van der Waals surface area contributed by atoms with Gasteiger partial charge in [0, 0.05) is 32.5 Å². The number of nitrogens with one attached hydrogen (secondary N) is 2. The van der Waals surface area contributed by atoms with E-state index in [0.29, 0.717) is 5.65 Å². The Morgan fingerprint density at radius 2 is 2.05 bits per heavy atom. The van der Waals surface area contributed by atoms with Crippen molar-refractivity contribution in [3.63, 3.8) is 0 Å². The lowest BCUT2D eigenvalue weighted by molar-refractivity contribution is 0.0996. The first kappa shape index (κ1) is 13.0. The number of primary amides is 1. The molecule has 0 saturated heterocycles. The maximum Gasteiger partial charge on any atom is 0.267 e. The minimum atomic E-state index is -0.569. The molecule has 0 unspecified atom stereocenters. The number of nitrogens with zero attached hydrogens (tertiary/aromatic N) is 2. The van der Waals surface area contributed by atoms with Crippen molar-refractivity contribution < 1.29 is 4.79 Å². The third-order valence-corrected chi connectivity index (χ3v) is 4.10. The number of hydrogen-bond acceptors (Lipinski definition) is 3. The van der Waals surface area contributed by atoms with Crippen LogP contribution in [0.1, 0.15) is 10.5 Å². The van der Waals surface area contributed by atoms with Crippen LogP contribution < -0.4 is 5.73 Å². The van der Waals surface area contributed by atoms with Crippen molar-refractivity contribution in [1.82, 2.24) is 20.2 Å². The van der Waals surface area contributed by atoms with Gasteiger partial charge in [-0.2, -0.15) is 5.10 Å². The standard InChI is InChI=1S/C15H10BrN5O/c16-7-1-2-8-10(5-18-12(8)3-7)9-4-13(14(17)22)20-15-11(9)6-19-21-15/h1-6,18H,(H2,17,22)(H,19,20,21). The van der Waals surface area contributed by atoms with Crippen molar-refractivity contribution in [3.8, 4) is 11.1 Å². The first-order valence-corrected chi connectivity index (χ1v) is 7.34. The highest BCUT2D eigenvalue weighted by atomic mass is 79.9. The molecule has 0 aliphatic carbocycles. The molecule has 3 heterocycles. The van der Waals surface area contributed by atoms with E-state index < -0.39 is 5.91 Å². The normalized spacial score (nSPS) is 11.3. The minimum Gasteiger partial charge on any atom is -0.364 e. The molecule has 0 atom stereocenters. The van der Waals surface area contributed by atoms with E-state index in [4.69, 9.17) is 5.73 Å². The van der Waals surface area contributed by atoms with Crippen LogP contribution in [0.3, 0.4) is 0 Å². The zero-order valence-corrected chi connectivity index (χ0v) is 12.8. The van der Waals surface area contributed by atoms with E-state index in [1.54, 1.807) is 12.3 Å². The van der Waals surface area contributed by atoms with Crippen molar-refractivity contribution in [2.45, 2.75) is 0 Å². The van der Waals surface area contributed by atoms with E-state index in [0.717, 1.165) is 31.9 Å². The second-order valence-electron chi connectivity index (χ2n) is 4.94. The third kappa shape index (κ3) is 1.90. The second-order valence-corrected chi connectivity index (χ2v) is 5.86. The lowest BCUT2D eigenvalue weighted by Crippen LogP contribution is -2.13. The Labute approximate surface area is 132 Å².